The van der Waals surface area contributed by atoms with Gasteiger partial charge in [0.05, 0.1) is 5.56 Å². The van der Waals surface area contributed by atoms with Crippen LogP contribution in [0.15, 0.2) is 48.8 Å². The molecular formula is C19H24Cl2N4O2. The van der Waals surface area contributed by atoms with Gasteiger partial charge >= 0.3 is 0 Å². The van der Waals surface area contributed by atoms with Gasteiger partial charge in [0.2, 0.25) is 0 Å². The second-order valence-electron chi connectivity index (χ2n) is 6.20. The van der Waals surface area contributed by atoms with E-state index in [4.69, 9.17) is 0 Å². The Balaban J connectivity index is 0.00000182. The average Bonchev–Trinajstić information content (AvgIpc) is 2.68. The molecule has 146 valence electrons. The van der Waals surface area contributed by atoms with Crippen LogP contribution in [0.25, 0.3) is 0 Å². The minimum absolute atomic E-state index is 0. The van der Waals surface area contributed by atoms with Gasteiger partial charge in [0.25, 0.3) is 11.8 Å². The molecule has 0 aliphatic carbocycles. The molecule has 3 rings (SSSR count). The number of pyridine rings is 1. The highest BCUT2D eigenvalue weighted by Crippen LogP contribution is 2.13. The van der Waals surface area contributed by atoms with E-state index in [1.165, 1.54) is 6.20 Å². The van der Waals surface area contributed by atoms with Gasteiger partial charge in [-0.2, -0.15) is 0 Å². The monoisotopic (exact) mass is 410 g/mol. The van der Waals surface area contributed by atoms with Crippen LogP contribution in [0.3, 0.4) is 0 Å². The van der Waals surface area contributed by atoms with Crippen LogP contribution in [0, 0.1) is 5.92 Å². The van der Waals surface area contributed by atoms with Crippen LogP contribution in [-0.4, -0.2) is 36.4 Å². The number of carbonyl (C=O) groups is 2. The summed E-state index contributed by atoms with van der Waals surface area (Å²) in [6.07, 6.45) is 5.40. The van der Waals surface area contributed by atoms with Crippen molar-refractivity contribution in [1.82, 2.24) is 15.6 Å². The maximum atomic E-state index is 12.3. The van der Waals surface area contributed by atoms with Gasteiger partial charge in [-0.1, -0.05) is 6.07 Å². The van der Waals surface area contributed by atoms with E-state index in [1.54, 1.807) is 42.6 Å². The zero-order valence-corrected chi connectivity index (χ0v) is 16.4. The Bertz CT molecular complexity index is 737. The molecule has 0 saturated carbocycles. The fourth-order valence-electron chi connectivity index (χ4n) is 2.88. The summed E-state index contributed by atoms with van der Waals surface area (Å²) in [5, 5.41) is 9.11. The molecule has 27 heavy (non-hydrogen) atoms. The van der Waals surface area contributed by atoms with Gasteiger partial charge in [-0.25, -0.2) is 0 Å². The predicted octanol–water partition coefficient (Wildman–Crippen LogP) is 2.91. The average molecular weight is 411 g/mol. The molecule has 1 saturated heterocycles. The predicted molar refractivity (Wildman–Crippen MR) is 111 cm³/mol. The van der Waals surface area contributed by atoms with Crippen molar-refractivity contribution in [3.05, 3.63) is 59.9 Å². The molecule has 2 aromatic rings. The summed E-state index contributed by atoms with van der Waals surface area (Å²) in [5.74, 6) is 0.105. The summed E-state index contributed by atoms with van der Waals surface area (Å²) < 4.78 is 0. The molecule has 1 unspecified atom stereocenters. The molecule has 6 nitrogen and oxygen atoms in total. The lowest BCUT2D eigenvalue weighted by Gasteiger charge is -2.22. The second-order valence-corrected chi connectivity index (χ2v) is 6.20. The van der Waals surface area contributed by atoms with Gasteiger partial charge in [0.15, 0.2) is 0 Å². The zero-order chi connectivity index (χ0) is 17.5. The minimum Gasteiger partial charge on any atom is -0.352 e. The van der Waals surface area contributed by atoms with Crippen molar-refractivity contribution in [1.29, 1.82) is 0 Å². The van der Waals surface area contributed by atoms with Crippen LogP contribution >= 0.6 is 24.8 Å². The van der Waals surface area contributed by atoms with Crippen LogP contribution in [0.2, 0.25) is 0 Å². The number of nitrogens with one attached hydrogen (secondary N) is 3. The molecule has 1 atom stereocenters. The molecule has 3 N–H and O–H groups in total. The maximum Gasteiger partial charge on any atom is 0.257 e. The summed E-state index contributed by atoms with van der Waals surface area (Å²) in [6.45, 7) is 2.67. The first-order chi connectivity index (χ1) is 12.2. The third-order valence-electron chi connectivity index (χ3n) is 4.26. The molecule has 1 aromatic carbocycles. The second kappa shape index (κ2) is 11.5. The molecule has 0 bridgehead atoms. The molecule has 1 fully saturated rings. The third kappa shape index (κ3) is 6.82. The maximum absolute atomic E-state index is 12.3. The van der Waals surface area contributed by atoms with Crippen molar-refractivity contribution in [3.8, 4) is 0 Å². The van der Waals surface area contributed by atoms with E-state index in [2.05, 4.69) is 20.9 Å². The van der Waals surface area contributed by atoms with Crippen LogP contribution < -0.4 is 16.0 Å². The van der Waals surface area contributed by atoms with Crippen LogP contribution in [0.5, 0.6) is 0 Å². The topological polar surface area (TPSA) is 83.1 Å². The van der Waals surface area contributed by atoms with Crippen molar-refractivity contribution in [2.24, 2.45) is 5.92 Å². The van der Waals surface area contributed by atoms with E-state index < -0.39 is 0 Å². The van der Waals surface area contributed by atoms with Gasteiger partial charge in [-0.3, -0.25) is 14.6 Å². The van der Waals surface area contributed by atoms with Crippen molar-refractivity contribution >= 4 is 42.3 Å². The Morgan fingerprint density at radius 2 is 1.93 bits per heavy atom. The van der Waals surface area contributed by atoms with E-state index >= 15 is 0 Å². The minimum atomic E-state index is -0.251. The SMILES string of the molecule is Cl.Cl.O=C(NCC1CCCNC1)c1cccc(NC(=O)c2cccnc2)c1. The number of anilines is 1. The molecule has 2 heterocycles. The fourth-order valence-corrected chi connectivity index (χ4v) is 2.88. The number of hydrogen-bond acceptors (Lipinski definition) is 4. The van der Waals surface area contributed by atoms with Crippen LogP contribution in [0.4, 0.5) is 5.69 Å². The van der Waals surface area contributed by atoms with Gasteiger partial charge in [-0.05, 0) is 62.2 Å². The van der Waals surface area contributed by atoms with E-state index in [9.17, 15) is 9.59 Å². The standard InChI is InChI=1S/C19H22N4O2.2ClH/c24-18(22-12-14-4-2-8-20-11-14)15-5-1-7-17(10-15)23-19(25)16-6-3-9-21-13-16;;/h1,3,5-7,9-10,13-14,20H,2,4,8,11-12H2,(H,22,24)(H,23,25);2*1H. The van der Waals surface area contributed by atoms with Gasteiger partial charge in [-0.15, -0.1) is 24.8 Å². The smallest absolute Gasteiger partial charge is 0.257 e. The quantitative estimate of drug-likeness (QED) is 0.707. The van der Waals surface area contributed by atoms with Gasteiger partial charge < -0.3 is 16.0 Å². The lowest BCUT2D eigenvalue weighted by Crippen LogP contribution is -2.38. The summed E-state index contributed by atoms with van der Waals surface area (Å²) in [5.41, 5.74) is 1.59. The number of piperidine rings is 1. The van der Waals surface area contributed by atoms with Crippen molar-refractivity contribution in [2.45, 2.75) is 12.8 Å². The number of carbonyl (C=O) groups excluding carboxylic acids is 2. The van der Waals surface area contributed by atoms with E-state index in [0.29, 0.717) is 29.3 Å². The number of aromatic nitrogens is 1. The van der Waals surface area contributed by atoms with Crippen molar-refractivity contribution < 1.29 is 9.59 Å². The summed E-state index contributed by atoms with van der Waals surface area (Å²) >= 11 is 0. The van der Waals surface area contributed by atoms with Gasteiger partial charge in [0.1, 0.15) is 0 Å². The Hall–Kier alpha value is -2.15. The summed E-state index contributed by atoms with van der Waals surface area (Å²) in [6, 6.07) is 10.3. The fraction of sp³-hybridized carbons (Fsp3) is 0.316. The first kappa shape index (κ1) is 22.9. The largest absolute Gasteiger partial charge is 0.352 e. The number of amides is 2. The molecule has 1 aromatic heterocycles. The number of benzene rings is 1. The summed E-state index contributed by atoms with van der Waals surface area (Å²) in [4.78, 5) is 28.4. The molecule has 8 heteroatoms. The third-order valence-corrected chi connectivity index (χ3v) is 4.26. The molecule has 2 amide bonds. The summed E-state index contributed by atoms with van der Waals surface area (Å²) in [7, 11) is 0. The molecule has 0 radical (unpaired) electrons. The first-order valence-electron chi connectivity index (χ1n) is 8.53. The Labute approximate surface area is 171 Å². The van der Waals surface area contributed by atoms with E-state index in [0.717, 1.165) is 25.9 Å². The van der Waals surface area contributed by atoms with E-state index in [-0.39, 0.29) is 36.6 Å². The highest BCUT2D eigenvalue weighted by atomic mass is 35.5. The molecule has 0 spiro atoms. The normalized spacial score (nSPS) is 15.6. The Morgan fingerprint density at radius 1 is 1.11 bits per heavy atom. The van der Waals surface area contributed by atoms with Crippen LogP contribution in [0.1, 0.15) is 33.6 Å². The number of hydrogen-bond donors (Lipinski definition) is 3. The lowest BCUT2D eigenvalue weighted by molar-refractivity contribution is 0.0943. The Kier molecular flexibility index (Phi) is 9.78. The first-order valence-corrected chi connectivity index (χ1v) is 8.53. The highest BCUT2D eigenvalue weighted by molar-refractivity contribution is 6.04. The number of rotatable bonds is 5. The highest BCUT2D eigenvalue weighted by Gasteiger charge is 2.15. The van der Waals surface area contributed by atoms with Crippen molar-refractivity contribution in [2.75, 3.05) is 25.0 Å². The van der Waals surface area contributed by atoms with Crippen LogP contribution in [-0.2, 0) is 0 Å². The number of nitrogens with zero attached hydrogens (tertiary/aromatic N) is 1. The van der Waals surface area contributed by atoms with E-state index in [1.807, 2.05) is 0 Å². The Morgan fingerprint density at radius 3 is 2.63 bits per heavy atom. The molecular weight excluding hydrogens is 387 g/mol. The lowest BCUT2D eigenvalue weighted by atomic mass is 9.99. The zero-order valence-electron chi connectivity index (χ0n) is 14.8. The van der Waals surface area contributed by atoms with Gasteiger partial charge in [0, 0.05) is 30.2 Å². The molecule has 1 aliphatic heterocycles. The molecule has 1 aliphatic rings. The van der Waals surface area contributed by atoms with Crippen molar-refractivity contribution in [3.63, 3.8) is 0 Å². The number of halogens is 2.